The van der Waals surface area contributed by atoms with Crippen LogP contribution in [0.15, 0.2) is 0 Å². The molecule has 0 aliphatic heterocycles. The van der Waals surface area contributed by atoms with E-state index in [4.69, 9.17) is 0 Å². The highest BCUT2D eigenvalue weighted by Gasteiger charge is 2.59. The fraction of sp³-hybridized carbons (Fsp3) is 0.800. The topological polar surface area (TPSA) is 46.9 Å². The number of nitrogens with zero attached hydrogens (tertiary/aromatic N) is 2. The number of carbonyl (C=O) groups is 1. The van der Waals surface area contributed by atoms with Crippen molar-refractivity contribution in [3.63, 3.8) is 0 Å². The number of alkyl halides is 2. The predicted molar refractivity (Wildman–Crippen MR) is 94.8 cm³/mol. The lowest BCUT2D eigenvalue weighted by Gasteiger charge is -2.39. The average molecular weight is 383 g/mol. The minimum atomic E-state index is -2.98. The van der Waals surface area contributed by atoms with Crippen molar-refractivity contribution in [1.29, 1.82) is 0 Å². The SMILES string of the molecule is CC(C)C1[C@@H]2CC(NC(=O)c3c(C(F)F)nn(C)c3F)[C@H]1C1CCCCC12. The number of carbonyl (C=O) groups excluding carboxylic acids is 1. The Hall–Kier alpha value is -1.53. The molecule has 7 heteroatoms. The summed E-state index contributed by atoms with van der Waals surface area (Å²) in [6.07, 6.45) is 2.86. The number of rotatable bonds is 4. The number of hydrogen-bond acceptors (Lipinski definition) is 2. The summed E-state index contributed by atoms with van der Waals surface area (Å²) in [6, 6.07) is -0.0561. The molecule has 3 fully saturated rings. The number of hydrogen-bond donors (Lipinski definition) is 1. The van der Waals surface area contributed by atoms with Gasteiger partial charge in [0.2, 0.25) is 5.95 Å². The van der Waals surface area contributed by atoms with E-state index >= 15 is 0 Å². The maximum atomic E-state index is 14.3. The molecular weight excluding hydrogens is 355 g/mol. The Kier molecular flexibility index (Phi) is 4.75. The van der Waals surface area contributed by atoms with Crippen molar-refractivity contribution >= 4 is 5.91 Å². The van der Waals surface area contributed by atoms with E-state index in [0.29, 0.717) is 34.3 Å². The van der Waals surface area contributed by atoms with Crippen molar-refractivity contribution in [2.75, 3.05) is 0 Å². The van der Waals surface area contributed by atoms with E-state index in [2.05, 4.69) is 24.3 Å². The first kappa shape index (κ1) is 18.8. The first-order valence-electron chi connectivity index (χ1n) is 10.1. The summed E-state index contributed by atoms with van der Waals surface area (Å²) in [5.41, 5.74) is -1.37. The highest BCUT2D eigenvalue weighted by molar-refractivity contribution is 5.95. The lowest BCUT2D eigenvalue weighted by Crippen LogP contribution is -2.45. The summed E-state index contributed by atoms with van der Waals surface area (Å²) in [6.45, 7) is 4.48. The van der Waals surface area contributed by atoms with Gasteiger partial charge in [-0.15, -0.1) is 0 Å². The minimum Gasteiger partial charge on any atom is -0.349 e. The molecule has 3 saturated carbocycles. The minimum absolute atomic E-state index is 0.0561. The van der Waals surface area contributed by atoms with Gasteiger partial charge in [-0.2, -0.15) is 9.49 Å². The first-order chi connectivity index (χ1) is 12.8. The Morgan fingerprint density at radius 2 is 1.85 bits per heavy atom. The zero-order valence-corrected chi connectivity index (χ0v) is 16.1. The van der Waals surface area contributed by atoms with Gasteiger partial charge in [0.1, 0.15) is 11.3 Å². The fourth-order valence-electron chi connectivity index (χ4n) is 6.62. The van der Waals surface area contributed by atoms with Crippen molar-refractivity contribution < 1.29 is 18.0 Å². The van der Waals surface area contributed by atoms with Crippen LogP contribution in [0.3, 0.4) is 0 Å². The van der Waals surface area contributed by atoms with Crippen LogP contribution in [0.25, 0.3) is 0 Å². The molecule has 0 radical (unpaired) electrons. The summed E-state index contributed by atoms with van der Waals surface area (Å²) in [5.74, 6) is 1.62. The average Bonchev–Trinajstić information content (AvgIpc) is 3.24. The Bertz CT molecular complexity index is 732. The van der Waals surface area contributed by atoms with Gasteiger partial charge in [0.25, 0.3) is 12.3 Å². The Labute approximate surface area is 157 Å². The first-order valence-corrected chi connectivity index (χ1v) is 10.1. The van der Waals surface area contributed by atoms with Crippen LogP contribution >= 0.6 is 0 Å². The Morgan fingerprint density at radius 1 is 1.19 bits per heavy atom. The molecule has 3 aliphatic rings. The second kappa shape index (κ2) is 6.82. The molecule has 2 bridgehead atoms. The summed E-state index contributed by atoms with van der Waals surface area (Å²) >= 11 is 0. The number of aryl methyl sites for hydroxylation is 1. The second-order valence-corrected chi connectivity index (χ2v) is 8.97. The molecule has 1 amide bonds. The predicted octanol–water partition coefficient (Wildman–Crippen LogP) is 4.32. The van der Waals surface area contributed by atoms with Crippen LogP contribution in [0.2, 0.25) is 0 Å². The molecule has 3 aliphatic carbocycles. The van der Waals surface area contributed by atoms with E-state index in [1.165, 1.54) is 32.7 Å². The molecule has 27 heavy (non-hydrogen) atoms. The molecular formula is C20H28F3N3O. The summed E-state index contributed by atoms with van der Waals surface area (Å²) in [4.78, 5) is 12.7. The normalized spacial score (nSPS) is 35.1. The zero-order valence-electron chi connectivity index (χ0n) is 16.1. The smallest absolute Gasteiger partial charge is 0.283 e. The summed E-state index contributed by atoms with van der Waals surface area (Å²) in [5, 5.41) is 6.42. The molecule has 1 aromatic rings. The van der Waals surface area contributed by atoms with E-state index in [9.17, 15) is 18.0 Å². The van der Waals surface area contributed by atoms with E-state index in [0.717, 1.165) is 12.3 Å². The molecule has 1 heterocycles. The molecule has 4 unspecified atom stereocenters. The van der Waals surface area contributed by atoms with Crippen molar-refractivity contribution in [3.05, 3.63) is 17.2 Å². The molecule has 0 saturated heterocycles. The second-order valence-electron chi connectivity index (χ2n) is 8.97. The number of fused-ring (bicyclic) bond motifs is 5. The molecule has 0 aromatic carbocycles. The van der Waals surface area contributed by atoms with Crippen LogP contribution in [0.5, 0.6) is 0 Å². The highest BCUT2D eigenvalue weighted by Crippen LogP contribution is 2.62. The van der Waals surface area contributed by atoms with Gasteiger partial charge in [-0.3, -0.25) is 4.79 Å². The third kappa shape index (κ3) is 2.88. The standard InChI is InChI=1S/C20H28F3N3O/c1-9(2)14-12-8-13(15(14)11-7-5-4-6-10(11)12)24-20(27)16-17(18(21)22)25-26(3)19(16)23/h9-15,18H,4-8H2,1-3H3,(H,24,27)/t10?,11?,12-,13?,14?,15-/m1/s1. The lowest BCUT2D eigenvalue weighted by molar-refractivity contribution is 0.0836. The third-order valence-corrected chi connectivity index (χ3v) is 7.37. The van der Waals surface area contributed by atoms with Gasteiger partial charge in [0, 0.05) is 13.1 Å². The van der Waals surface area contributed by atoms with Gasteiger partial charge >= 0.3 is 0 Å². The van der Waals surface area contributed by atoms with E-state index in [1.54, 1.807) is 0 Å². The molecule has 4 nitrogen and oxygen atoms in total. The Morgan fingerprint density at radius 3 is 2.48 bits per heavy atom. The van der Waals surface area contributed by atoms with Crippen LogP contribution in [0.1, 0.15) is 68.4 Å². The number of halogens is 3. The largest absolute Gasteiger partial charge is 0.349 e. The van der Waals surface area contributed by atoms with Gasteiger partial charge in [-0.05, 0) is 54.8 Å². The molecule has 0 spiro atoms. The van der Waals surface area contributed by atoms with E-state index < -0.39 is 29.5 Å². The summed E-state index contributed by atoms with van der Waals surface area (Å²) < 4.78 is 41.4. The van der Waals surface area contributed by atoms with Crippen molar-refractivity contribution in [2.45, 2.75) is 58.4 Å². The maximum absolute atomic E-state index is 14.3. The highest BCUT2D eigenvalue weighted by atomic mass is 19.3. The monoisotopic (exact) mass is 383 g/mol. The number of nitrogens with one attached hydrogen (secondary N) is 1. The molecule has 4 rings (SSSR count). The Balaban J connectivity index is 1.58. The number of aromatic nitrogens is 2. The van der Waals surface area contributed by atoms with Crippen molar-refractivity contribution in [3.8, 4) is 0 Å². The lowest BCUT2D eigenvalue weighted by atomic mass is 9.69. The summed E-state index contributed by atoms with van der Waals surface area (Å²) in [7, 11) is 1.23. The van der Waals surface area contributed by atoms with Crippen LogP contribution < -0.4 is 5.32 Å². The van der Waals surface area contributed by atoms with Gasteiger partial charge < -0.3 is 5.32 Å². The fourth-order valence-corrected chi connectivity index (χ4v) is 6.62. The molecule has 1 aromatic heterocycles. The molecule has 6 atom stereocenters. The van der Waals surface area contributed by atoms with Gasteiger partial charge in [0.05, 0.1) is 0 Å². The van der Waals surface area contributed by atoms with Crippen LogP contribution in [0, 0.1) is 41.5 Å². The molecule has 1 N–H and O–H groups in total. The molecule has 150 valence electrons. The quantitative estimate of drug-likeness (QED) is 0.842. The van der Waals surface area contributed by atoms with E-state index in [-0.39, 0.29) is 6.04 Å². The van der Waals surface area contributed by atoms with Gasteiger partial charge in [-0.1, -0.05) is 26.7 Å². The van der Waals surface area contributed by atoms with E-state index in [1.807, 2.05) is 0 Å². The van der Waals surface area contributed by atoms with Crippen LogP contribution in [-0.4, -0.2) is 21.7 Å². The zero-order chi connectivity index (χ0) is 19.5. The maximum Gasteiger partial charge on any atom is 0.283 e. The van der Waals surface area contributed by atoms with Gasteiger partial charge in [0.15, 0.2) is 0 Å². The third-order valence-electron chi connectivity index (χ3n) is 7.37. The van der Waals surface area contributed by atoms with Crippen LogP contribution in [-0.2, 0) is 7.05 Å². The number of amides is 1. The van der Waals surface area contributed by atoms with Crippen molar-refractivity contribution in [2.24, 2.45) is 42.6 Å². The van der Waals surface area contributed by atoms with Crippen LogP contribution in [0.4, 0.5) is 13.2 Å². The van der Waals surface area contributed by atoms with Crippen molar-refractivity contribution in [1.82, 2.24) is 15.1 Å². The van der Waals surface area contributed by atoms with Gasteiger partial charge in [-0.25, -0.2) is 13.5 Å².